The Labute approximate surface area is 133 Å². The quantitative estimate of drug-likeness (QED) is 0.799. The average molecular weight is 320 g/mol. The van der Waals surface area contributed by atoms with E-state index in [2.05, 4.69) is 27.5 Å². The van der Waals surface area contributed by atoms with Crippen LogP contribution in [0.3, 0.4) is 0 Å². The van der Waals surface area contributed by atoms with Gasteiger partial charge < -0.3 is 10.6 Å². The van der Waals surface area contributed by atoms with Crippen LogP contribution in [0.5, 0.6) is 0 Å². The molecule has 1 amide bonds. The summed E-state index contributed by atoms with van der Waals surface area (Å²) in [5.74, 6) is -1.48. The molecule has 1 aromatic carbocycles. The third-order valence-electron chi connectivity index (χ3n) is 3.11. The summed E-state index contributed by atoms with van der Waals surface area (Å²) in [7, 11) is 0. The van der Waals surface area contributed by atoms with Crippen LogP contribution in [0.25, 0.3) is 0 Å². The molecule has 2 N–H and O–H groups in total. The van der Waals surface area contributed by atoms with E-state index >= 15 is 0 Å². The number of aromatic nitrogens is 2. The lowest BCUT2D eigenvalue weighted by Crippen LogP contribution is -2.17. The summed E-state index contributed by atoms with van der Waals surface area (Å²) >= 11 is 0. The molecule has 0 unspecified atom stereocenters. The molecular formula is C16H18F2N4O. The summed E-state index contributed by atoms with van der Waals surface area (Å²) in [6.45, 7) is 4.43. The zero-order chi connectivity index (χ0) is 16.8. The lowest BCUT2D eigenvalue weighted by atomic mass is 10.2. The van der Waals surface area contributed by atoms with Crippen LogP contribution in [0, 0.1) is 18.6 Å². The molecule has 0 atom stereocenters. The fourth-order valence-corrected chi connectivity index (χ4v) is 1.96. The van der Waals surface area contributed by atoms with Crippen LogP contribution in [0.2, 0.25) is 0 Å². The molecule has 5 nitrogen and oxygen atoms in total. The van der Waals surface area contributed by atoms with E-state index in [4.69, 9.17) is 0 Å². The number of nitrogens with one attached hydrogen (secondary N) is 2. The van der Waals surface area contributed by atoms with Gasteiger partial charge in [-0.15, -0.1) is 0 Å². The average Bonchev–Trinajstić information content (AvgIpc) is 2.50. The molecule has 2 aromatic rings. The summed E-state index contributed by atoms with van der Waals surface area (Å²) in [4.78, 5) is 20.4. The van der Waals surface area contributed by atoms with Gasteiger partial charge in [-0.3, -0.25) is 4.79 Å². The standard InChI is InChI=1S/C16H18F2N4O/c1-3-4-8-19-14-9-13(20-10(2)21-14)16(23)22-15-11(17)6-5-7-12(15)18/h5-7,9H,3-4,8H2,1-2H3,(H,22,23)(H,19,20,21). The first-order valence-electron chi connectivity index (χ1n) is 7.36. The van der Waals surface area contributed by atoms with Crippen LogP contribution in [-0.4, -0.2) is 22.4 Å². The number of unbranched alkanes of at least 4 members (excludes halogenated alkanes) is 1. The molecule has 23 heavy (non-hydrogen) atoms. The minimum Gasteiger partial charge on any atom is -0.370 e. The number of nitrogens with zero attached hydrogens (tertiary/aromatic N) is 2. The van der Waals surface area contributed by atoms with Gasteiger partial charge in [-0.25, -0.2) is 18.7 Å². The Hall–Kier alpha value is -2.57. The van der Waals surface area contributed by atoms with Gasteiger partial charge in [-0.1, -0.05) is 19.4 Å². The van der Waals surface area contributed by atoms with E-state index in [0.29, 0.717) is 11.6 Å². The molecule has 0 saturated carbocycles. The number of hydrogen-bond acceptors (Lipinski definition) is 4. The number of anilines is 2. The van der Waals surface area contributed by atoms with Gasteiger partial charge in [0.25, 0.3) is 5.91 Å². The Morgan fingerprint density at radius 2 is 1.91 bits per heavy atom. The van der Waals surface area contributed by atoms with E-state index in [1.54, 1.807) is 6.92 Å². The molecule has 0 aliphatic carbocycles. The maximum atomic E-state index is 13.6. The summed E-state index contributed by atoms with van der Waals surface area (Å²) < 4.78 is 27.2. The zero-order valence-electron chi connectivity index (χ0n) is 13.0. The van der Waals surface area contributed by atoms with Gasteiger partial charge in [0, 0.05) is 12.6 Å². The Kier molecular flexibility index (Phi) is 5.56. The minimum atomic E-state index is -0.842. The summed E-state index contributed by atoms with van der Waals surface area (Å²) in [6.07, 6.45) is 1.99. The van der Waals surface area contributed by atoms with Crippen molar-refractivity contribution >= 4 is 17.4 Å². The second-order valence-electron chi connectivity index (χ2n) is 5.02. The van der Waals surface area contributed by atoms with E-state index in [0.717, 1.165) is 31.5 Å². The molecular weight excluding hydrogens is 302 g/mol. The van der Waals surface area contributed by atoms with Crippen molar-refractivity contribution in [1.29, 1.82) is 0 Å². The number of carbonyl (C=O) groups is 1. The molecule has 0 fully saturated rings. The highest BCUT2D eigenvalue weighted by molar-refractivity contribution is 6.03. The smallest absolute Gasteiger partial charge is 0.274 e. The van der Waals surface area contributed by atoms with Gasteiger partial charge in [0.05, 0.1) is 0 Å². The third kappa shape index (κ3) is 4.45. The molecule has 1 aromatic heterocycles. The molecule has 7 heteroatoms. The second-order valence-corrected chi connectivity index (χ2v) is 5.02. The lowest BCUT2D eigenvalue weighted by Gasteiger charge is -2.10. The number of carbonyl (C=O) groups excluding carboxylic acids is 1. The van der Waals surface area contributed by atoms with Gasteiger partial charge in [0.2, 0.25) is 0 Å². The molecule has 1 heterocycles. The van der Waals surface area contributed by atoms with Crippen molar-refractivity contribution in [2.45, 2.75) is 26.7 Å². The highest BCUT2D eigenvalue weighted by Gasteiger charge is 2.15. The van der Waals surface area contributed by atoms with Crippen molar-refractivity contribution in [2.24, 2.45) is 0 Å². The maximum absolute atomic E-state index is 13.6. The minimum absolute atomic E-state index is 0.0409. The van der Waals surface area contributed by atoms with Gasteiger partial charge >= 0.3 is 0 Å². The Bertz CT molecular complexity index is 686. The highest BCUT2D eigenvalue weighted by atomic mass is 19.1. The number of benzene rings is 1. The first-order valence-corrected chi connectivity index (χ1v) is 7.36. The number of amides is 1. The molecule has 0 aliphatic heterocycles. The topological polar surface area (TPSA) is 66.9 Å². The van der Waals surface area contributed by atoms with Crippen molar-refractivity contribution in [3.63, 3.8) is 0 Å². The van der Waals surface area contributed by atoms with Gasteiger partial charge in [-0.2, -0.15) is 0 Å². The predicted molar refractivity (Wildman–Crippen MR) is 84.5 cm³/mol. The molecule has 0 spiro atoms. The fraction of sp³-hybridized carbons (Fsp3) is 0.312. The van der Waals surface area contributed by atoms with Gasteiger partial charge in [0.15, 0.2) is 0 Å². The van der Waals surface area contributed by atoms with Crippen molar-refractivity contribution in [3.8, 4) is 0 Å². The third-order valence-corrected chi connectivity index (χ3v) is 3.11. The molecule has 0 radical (unpaired) electrons. The van der Waals surface area contributed by atoms with Crippen LogP contribution in [0.4, 0.5) is 20.3 Å². The van der Waals surface area contributed by atoms with Gasteiger partial charge in [-0.05, 0) is 25.5 Å². The van der Waals surface area contributed by atoms with Crippen molar-refractivity contribution < 1.29 is 13.6 Å². The Morgan fingerprint density at radius 1 is 1.22 bits per heavy atom. The number of aryl methyl sites for hydroxylation is 1. The van der Waals surface area contributed by atoms with Crippen molar-refractivity contribution in [2.75, 3.05) is 17.2 Å². The largest absolute Gasteiger partial charge is 0.370 e. The normalized spacial score (nSPS) is 10.4. The van der Waals surface area contributed by atoms with Crippen LogP contribution in [0.15, 0.2) is 24.3 Å². The second kappa shape index (κ2) is 7.62. The fourth-order valence-electron chi connectivity index (χ4n) is 1.96. The van der Waals surface area contributed by atoms with Crippen molar-refractivity contribution in [3.05, 3.63) is 47.4 Å². The van der Waals surface area contributed by atoms with E-state index in [9.17, 15) is 13.6 Å². The first-order chi connectivity index (χ1) is 11.0. The van der Waals surface area contributed by atoms with E-state index in [1.807, 2.05) is 0 Å². The Morgan fingerprint density at radius 3 is 2.57 bits per heavy atom. The maximum Gasteiger partial charge on any atom is 0.274 e. The molecule has 2 rings (SSSR count). The van der Waals surface area contributed by atoms with E-state index < -0.39 is 23.2 Å². The van der Waals surface area contributed by atoms with Crippen LogP contribution in [0.1, 0.15) is 36.1 Å². The summed E-state index contributed by atoms with van der Waals surface area (Å²) in [5, 5.41) is 5.30. The highest BCUT2D eigenvalue weighted by Crippen LogP contribution is 2.19. The van der Waals surface area contributed by atoms with Gasteiger partial charge in [0.1, 0.15) is 34.7 Å². The molecule has 0 saturated heterocycles. The Balaban J connectivity index is 2.18. The number of halogens is 2. The van der Waals surface area contributed by atoms with Crippen LogP contribution in [-0.2, 0) is 0 Å². The predicted octanol–water partition coefficient (Wildman–Crippen LogP) is 3.53. The number of para-hydroxylation sites is 1. The number of rotatable bonds is 6. The number of hydrogen-bond donors (Lipinski definition) is 2. The van der Waals surface area contributed by atoms with E-state index in [-0.39, 0.29) is 5.69 Å². The first kappa shape index (κ1) is 16.8. The zero-order valence-corrected chi connectivity index (χ0v) is 13.0. The van der Waals surface area contributed by atoms with Crippen LogP contribution < -0.4 is 10.6 Å². The summed E-state index contributed by atoms with van der Waals surface area (Å²) in [5.41, 5.74) is -0.451. The molecule has 0 bridgehead atoms. The SMILES string of the molecule is CCCCNc1cc(C(=O)Nc2c(F)cccc2F)nc(C)n1. The monoisotopic (exact) mass is 320 g/mol. The van der Waals surface area contributed by atoms with Crippen molar-refractivity contribution in [1.82, 2.24) is 9.97 Å². The molecule has 0 aliphatic rings. The lowest BCUT2D eigenvalue weighted by molar-refractivity contribution is 0.102. The van der Waals surface area contributed by atoms with E-state index in [1.165, 1.54) is 12.1 Å². The molecule has 122 valence electrons. The van der Waals surface area contributed by atoms with Crippen LogP contribution >= 0.6 is 0 Å². The summed E-state index contributed by atoms with van der Waals surface area (Å²) in [6, 6.07) is 4.82.